The molecule has 128 valence electrons. The number of benzene rings is 1. The van der Waals surface area contributed by atoms with E-state index in [0.29, 0.717) is 30.1 Å². The maximum atomic E-state index is 12.5. The Labute approximate surface area is 150 Å². The fourth-order valence-electron chi connectivity index (χ4n) is 2.87. The van der Waals surface area contributed by atoms with Gasteiger partial charge in [-0.25, -0.2) is 4.98 Å². The van der Waals surface area contributed by atoms with Gasteiger partial charge >= 0.3 is 0 Å². The first-order chi connectivity index (χ1) is 12.7. The van der Waals surface area contributed by atoms with Crippen LogP contribution in [0.15, 0.2) is 67.1 Å². The zero-order chi connectivity index (χ0) is 17.9. The highest BCUT2D eigenvalue weighted by molar-refractivity contribution is 5.95. The molecule has 0 N–H and O–H groups in total. The minimum absolute atomic E-state index is 0.0227. The number of nitrogens with zero attached hydrogens (tertiary/aromatic N) is 4. The number of nitriles is 1. The third-order valence-electron chi connectivity index (χ3n) is 4.32. The second-order valence-electron chi connectivity index (χ2n) is 6.06. The van der Waals surface area contributed by atoms with Crippen LogP contribution in [0, 0.1) is 11.3 Å². The molecule has 1 fully saturated rings. The standard InChI is InChI=1S/C20H16N4O2/c21-12-16-4-3-9-22-19(16)26-18-13-24(14-18)20(25)15-5-7-17(8-6-15)23-10-1-2-11-23/h1-11,18H,13-14H2. The van der Waals surface area contributed by atoms with E-state index in [2.05, 4.69) is 11.1 Å². The van der Waals surface area contributed by atoms with Gasteiger partial charge in [0.2, 0.25) is 5.88 Å². The molecule has 26 heavy (non-hydrogen) atoms. The predicted molar refractivity (Wildman–Crippen MR) is 95.0 cm³/mol. The monoisotopic (exact) mass is 344 g/mol. The van der Waals surface area contributed by atoms with Crippen molar-refractivity contribution in [2.24, 2.45) is 0 Å². The normalized spacial score (nSPS) is 13.7. The van der Waals surface area contributed by atoms with Crippen LogP contribution in [0.5, 0.6) is 5.88 Å². The molecular formula is C20H16N4O2. The third kappa shape index (κ3) is 3.03. The molecule has 1 aromatic carbocycles. The lowest BCUT2D eigenvalue weighted by Gasteiger charge is -2.38. The summed E-state index contributed by atoms with van der Waals surface area (Å²) in [4.78, 5) is 18.4. The second kappa shape index (κ2) is 6.73. The highest BCUT2D eigenvalue weighted by atomic mass is 16.5. The van der Waals surface area contributed by atoms with Crippen molar-refractivity contribution in [2.75, 3.05) is 13.1 Å². The van der Waals surface area contributed by atoms with E-state index in [1.807, 2.05) is 53.4 Å². The Kier molecular flexibility index (Phi) is 4.12. The molecule has 3 aromatic rings. The fraction of sp³-hybridized carbons (Fsp3) is 0.150. The average Bonchev–Trinajstić information content (AvgIpc) is 3.19. The topological polar surface area (TPSA) is 71.2 Å². The van der Waals surface area contributed by atoms with Gasteiger partial charge in [0, 0.05) is 29.8 Å². The van der Waals surface area contributed by atoms with Crippen molar-refractivity contribution in [3.05, 3.63) is 78.2 Å². The van der Waals surface area contributed by atoms with Crippen molar-refractivity contribution < 1.29 is 9.53 Å². The number of carbonyl (C=O) groups excluding carboxylic acids is 1. The molecule has 6 heteroatoms. The van der Waals surface area contributed by atoms with E-state index >= 15 is 0 Å². The summed E-state index contributed by atoms with van der Waals surface area (Å²) in [7, 11) is 0. The van der Waals surface area contributed by atoms with Gasteiger partial charge in [-0.2, -0.15) is 5.26 Å². The number of carbonyl (C=O) groups is 1. The lowest BCUT2D eigenvalue weighted by molar-refractivity contribution is 0.0159. The minimum atomic E-state index is -0.139. The molecule has 4 rings (SSSR count). The van der Waals surface area contributed by atoms with Crippen LogP contribution in [0.3, 0.4) is 0 Å². The van der Waals surface area contributed by atoms with Crippen LogP contribution in [-0.4, -0.2) is 39.6 Å². The molecule has 0 aliphatic carbocycles. The first-order valence-corrected chi connectivity index (χ1v) is 8.29. The number of pyridine rings is 1. The van der Waals surface area contributed by atoms with Crippen molar-refractivity contribution in [1.29, 1.82) is 5.26 Å². The molecule has 6 nitrogen and oxygen atoms in total. The molecule has 0 saturated carbocycles. The van der Waals surface area contributed by atoms with Gasteiger partial charge in [0.05, 0.1) is 13.1 Å². The Hall–Kier alpha value is -3.59. The van der Waals surface area contributed by atoms with E-state index in [-0.39, 0.29) is 12.0 Å². The summed E-state index contributed by atoms with van der Waals surface area (Å²) in [6, 6.07) is 16.8. The van der Waals surface area contributed by atoms with Gasteiger partial charge in [-0.05, 0) is 48.5 Å². The maximum Gasteiger partial charge on any atom is 0.254 e. The summed E-state index contributed by atoms with van der Waals surface area (Å²) in [5, 5.41) is 9.07. The number of aromatic nitrogens is 2. The molecule has 2 aromatic heterocycles. The second-order valence-corrected chi connectivity index (χ2v) is 6.06. The lowest BCUT2D eigenvalue weighted by Crippen LogP contribution is -2.56. The first kappa shape index (κ1) is 15.9. The van der Waals surface area contributed by atoms with E-state index in [9.17, 15) is 4.79 Å². The van der Waals surface area contributed by atoms with Crippen molar-refractivity contribution in [1.82, 2.24) is 14.5 Å². The van der Waals surface area contributed by atoms with E-state index in [1.54, 1.807) is 23.2 Å². The summed E-state index contributed by atoms with van der Waals surface area (Å²) in [5.41, 5.74) is 2.06. The van der Waals surface area contributed by atoms with Gasteiger partial charge in [0.15, 0.2) is 0 Å². The zero-order valence-electron chi connectivity index (χ0n) is 13.9. The molecular weight excluding hydrogens is 328 g/mol. The molecule has 1 aliphatic heterocycles. The van der Waals surface area contributed by atoms with Gasteiger partial charge in [-0.1, -0.05) is 0 Å². The van der Waals surface area contributed by atoms with Crippen LogP contribution < -0.4 is 4.74 Å². The molecule has 0 unspecified atom stereocenters. The van der Waals surface area contributed by atoms with Gasteiger partial charge in [-0.3, -0.25) is 4.79 Å². The van der Waals surface area contributed by atoms with Crippen LogP contribution in [0.25, 0.3) is 5.69 Å². The molecule has 1 saturated heterocycles. The lowest BCUT2D eigenvalue weighted by atomic mass is 10.1. The fourth-order valence-corrected chi connectivity index (χ4v) is 2.87. The number of hydrogen-bond donors (Lipinski definition) is 0. The Balaban J connectivity index is 1.37. The Morgan fingerprint density at radius 2 is 1.85 bits per heavy atom. The number of amides is 1. The summed E-state index contributed by atoms with van der Waals surface area (Å²) in [6.45, 7) is 0.971. The zero-order valence-corrected chi connectivity index (χ0v) is 13.9. The van der Waals surface area contributed by atoms with Gasteiger partial charge < -0.3 is 14.2 Å². The number of hydrogen-bond acceptors (Lipinski definition) is 4. The first-order valence-electron chi connectivity index (χ1n) is 8.29. The van der Waals surface area contributed by atoms with Crippen LogP contribution >= 0.6 is 0 Å². The van der Waals surface area contributed by atoms with Crippen molar-refractivity contribution in [3.63, 3.8) is 0 Å². The molecule has 0 spiro atoms. The van der Waals surface area contributed by atoms with E-state index in [4.69, 9.17) is 10.00 Å². The predicted octanol–water partition coefficient (Wildman–Crippen LogP) is 2.65. The Morgan fingerprint density at radius 1 is 1.12 bits per heavy atom. The summed E-state index contributed by atoms with van der Waals surface area (Å²) in [6.07, 6.45) is 5.37. The largest absolute Gasteiger partial charge is 0.470 e. The van der Waals surface area contributed by atoms with Crippen LogP contribution in [0.2, 0.25) is 0 Å². The van der Waals surface area contributed by atoms with Crippen molar-refractivity contribution >= 4 is 5.91 Å². The highest BCUT2D eigenvalue weighted by Gasteiger charge is 2.33. The number of ether oxygens (including phenoxy) is 1. The van der Waals surface area contributed by atoms with Gasteiger partial charge in [0.25, 0.3) is 5.91 Å². The highest BCUT2D eigenvalue weighted by Crippen LogP contribution is 2.21. The van der Waals surface area contributed by atoms with Gasteiger partial charge in [0.1, 0.15) is 17.7 Å². The quantitative estimate of drug-likeness (QED) is 0.729. The molecule has 0 radical (unpaired) electrons. The maximum absolute atomic E-state index is 12.5. The molecule has 3 heterocycles. The van der Waals surface area contributed by atoms with Crippen molar-refractivity contribution in [3.8, 4) is 17.6 Å². The number of likely N-dealkylation sites (tertiary alicyclic amines) is 1. The third-order valence-corrected chi connectivity index (χ3v) is 4.32. The van der Waals surface area contributed by atoms with Crippen LogP contribution in [0.4, 0.5) is 0 Å². The molecule has 0 atom stereocenters. The number of rotatable bonds is 4. The summed E-state index contributed by atoms with van der Waals surface area (Å²) >= 11 is 0. The Bertz CT molecular complexity index is 952. The Morgan fingerprint density at radius 3 is 2.54 bits per heavy atom. The van der Waals surface area contributed by atoms with E-state index < -0.39 is 0 Å². The average molecular weight is 344 g/mol. The van der Waals surface area contributed by atoms with E-state index in [0.717, 1.165) is 5.69 Å². The van der Waals surface area contributed by atoms with Crippen molar-refractivity contribution in [2.45, 2.75) is 6.10 Å². The summed E-state index contributed by atoms with van der Waals surface area (Å²) in [5.74, 6) is 0.300. The smallest absolute Gasteiger partial charge is 0.254 e. The van der Waals surface area contributed by atoms with E-state index in [1.165, 1.54) is 0 Å². The van der Waals surface area contributed by atoms with Crippen LogP contribution in [0.1, 0.15) is 15.9 Å². The SMILES string of the molecule is N#Cc1cccnc1OC1CN(C(=O)c2ccc(-n3cccc3)cc2)C1. The minimum Gasteiger partial charge on any atom is -0.470 e. The molecule has 1 aliphatic rings. The van der Waals surface area contributed by atoms with Crippen LogP contribution in [-0.2, 0) is 0 Å². The molecule has 0 bridgehead atoms. The van der Waals surface area contributed by atoms with Gasteiger partial charge in [-0.15, -0.1) is 0 Å². The summed E-state index contributed by atoms with van der Waals surface area (Å²) < 4.78 is 7.71. The molecule has 1 amide bonds.